The van der Waals surface area contributed by atoms with Gasteiger partial charge >= 0.3 is 0 Å². The summed E-state index contributed by atoms with van der Waals surface area (Å²) in [6.45, 7) is 32.1. The van der Waals surface area contributed by atoms with E-state index < -0.39 is 11.7 Å². The molecular formula is C65H102N2O5. The first kappa shape index (κ1) is 57.9. The van der Waals surface area contributed by atoms with Crippen LogP contribution < -0.4 is 20.5 Å². The van der Waals surface area contributed by atoms with E-state index in [0.29, 0.717) is 69.8 Å². The van der Waals surface area contributed by atoms with Crippen molar-refractivity contribution >= 4 is 5.91 Å². The Kier molecular flexibility index (Phi) is 19.7. The molecule has 1 aromatic rings. The van der Waals surface area contributed by atoms with E-state index in [-0.39, 0.29) is 18.0 Å². The monoisotopic (exact) mass is 991 g/mol. The van der Waals surface area contributed by atoms with Gasteiger partial charge in [0, 0.05) is 11.6 Å². The van der Waals surface area contributed by atoms with Gasteiger partial charge in [-0.1, -0.05) is 130 Å². The zero-order valence-corrected chi connectivity index (χ0v) is 47.6. The van der Waals surface area contributed by atoms with E-state index in [0.717, 1.165) is 61.0 Å². The van der Waals surface area contributed by atoms with E-state index in [1.165, 1.54) is 100 Å². The second-order valence-corrected chi connectivity index (χ2v) is 26.6. The molecule has 402 valence electrons. The van der Waals surface area contributed by atoms with Gasteiger partial charge in [0.15, 0.2) is 11.5 Å². The lowest BCUT2D eigenvalue weighted by Gasteiger charge is -2.44. The maximum absolute atomic E-state index is 13.1. The molecule has 12 atom stereocenters. The van der Waals surface area contributed by atoms with Crippen molar-refractivity contribution in [3.8, 4) is 11.5 Å². The molecule has 0 saturated heterocycles. The van der Waals surface area contributed by atoms with E-state index in [1.807, 2.05) is 13.8 Å². The third-order valence-corrected chi connectivity index (χ3v) is 19.3. The number of hydrogen-bond donors (Lipinski definition) is 4. The zero-order chi connectivity index (χ0) is 52.8. The summed E-state index contributed by atoms with van der Waals surface area (Å²) < 4.78 is 10.7. The van der Waals surface area contributed by atoms with E-state index in [9.17, 15) is 15.0 Å². The van der Waals surface area contributed by atoms with Gasteiger partial charge in [-0.05, 0) is 215 Å². The summed E-state index contributed by atoms with van der Waals surface area (Å²) in [5, 5.41) is 24.0. The largest absolute Gasteiger partial charge is 0.493 e. The van der Waals surface area contributed by atoms with Crippen molar-refractivity contribution in [3.63, 3.8) is 0 Å². The summed E-state index contributed by atoms with van der Waals surface area (Å²) in [6.07, 6.45) is 32.4. The van der Waals surface area contributed by atoms with Gasteiger partial charge in [-0.3, -0.25) is 4.79 Å². The van der Waals surface area contributed by atoms with Crippen LogP contribution in [0.25, 0.3) is 0 Å². The first-order valence-corrected chi connectivity index (χ1v) is 28.7. The number of rotatable bonds is 15. The number of benzene rings is 1. The van der Waals surface area contributed by atoms with Gasteiger partial charge in [0.2, 0.25) is 0 Å². The summed E-state index contributed by atoms with van der Waals surface area (Å²) in [4.78, 5) is 13.1. The molecule has 6 aliphatic rings. The molecule has 0 aliphatic heterocycles. The molecule has 0 radical (unpaired) electrons. The second-order valence-electron chi connectivity index (χ2n) is 26.6. The van der Waals surface area contributed by atoms with Gasteiger partial charge in [-0.2, -0.15) is 0 Å². The number of carbonyl (C=O) groups is 1. The van der Waals surface area contributed by atoms with Crippen molar-refractivity contribution in [1.82, 2.24) is 5.32 Å². The normalized spacial score (nSPS) is 34.1. The van der Waals surface area contributed by atoms with Crippen LogP contribution in [0.3, 0.4) is 0 Å². The van der Waals surface area contributed by atoms with Crippen LogP contribution in [0.15, 0.2) is 89.1 Å². The van der Waals surface area contributed by atoms with Crippen molar-refractivity contribution in [2.75, 3.05) is 14.2 Å². The lowest BCUT2D eigenvalue weighted by Crippen LogP contribution is -2.41. The van der Waals surface area contributed by atoms with Crippen LogP contribution in [-0.4, -0.2) is 54.1 Å². The molecule has 7 nitrogen and oxygen atoms in total. The van der Waals surface area contributed by atoms with Crippen molar-refractivity contribution in [1.29, 1.82) is 0 Å². The minimum Gasteiger partial charge on any atom is -0.493 e. The molecule has 1 amide bonds. The molecule has 0 bridgehead atoms. The molecule has 7 heteroatoms. The van der Waals surface area contributed by atoms with E-state index in [1.54, 1.807) is 38.0 Å². The van der Waals surface area contributed by atoms with Gasteiger partial charge in [0.1, 0.15) is 0 Å². The van der Waals surface area contributed by atoms with Gasteiger partial charge in [0.05, 0.1) is 32.0 Å². The maximum Gasteiger partial charge on any atom is 0.251 e. The second kappa shape index (κ2) is 24.5. The highest BCUT2D eigenvalue weighted by Crippen LogP contribution is 2.61. The van der Waals surface area contributed by atoms with Crippen LogP contribution in [0.2, 0.25) is 0 Å². The molecule has 0 unspecified atom stereocenters. The van der Waals surface area contributed by atoms with Gasteiger partial charge in [0.25, 0.3) is 5.91 Å². The van der Waals surface area contributed by atoms with Crippen LogP contribution in [0.5, 0.6) is 11.5 Å². The molecule has 6 saturated carbocycles. The standard InChI is InChI=1S/C36H53NO5.C29H49N/c1-23(10-8-18-35(3,4)40)29-15-16-30-25(11-9-19-36(29,30)5)12-13-26-20-28(38)22-31(24(26)2)37-34(39)27-14-17-32(41-6)33(21-27)42-7;1-20-18-24(22(3)27(30)19-20)13-12-23-11-9-17-29(7)25(14-15-26(23)29)21(2)10-8-16-28(4,5)6/h12-14,17,21,23,28-31,38,40H,2,8-11,15-16,18-20,22H2,1,3-7H3,(H,37,39);12-13,20-21,25-27H,3,8-11,14-19,30H2,1-2,4-7H3/b25-12+,26-13-;23-12+,24-13-/t23-,28-,29-,30+,31+,36-;20-,21-,25-,26+,27+,29-/m11/s1. The maximum atomic E-state index is 13.1. The van der Waals surface area contributed by atoms with E-state index in [2.05, 4.69) is 98.2 Å². The quantitative estimate of drug-likeness (QED) is 0.139. The molecule has 5 N–H and O–H groups in total. The van der Waals surface area contributed by atoms with Crippen LogP contribution in [-0.2, 0) is 0 Å². The Morgan fingerprint density at radius 2 is 1.32 bits per heavy atom. The molecule has 6 aliphatic carbocycles. The fraction of sp³-hybridized carbons (Fsp3) is 0.708. The summed E-state index contributed by atoms with van der Waals surface area (Å²) in [5.41, 5.74) is 15.2. The number of amides is 1. The minimum atomic E-state index is -0.585. The fourth-order valence-electron chi connectivity index (χ4n) is 15.3. The van der Waals surface area contributed by atoms with Crippen molar-refractivity contribution < 1.29 is 24.5 Å². The summed E-state index contributed by atoms with van der Waals surface area (Å²) in [5.74, 6) is 6.02. The average Bonchev–Trinajstić information content (AvgIpc) is 3.86. The number of ether oxygens (including phenoxy) is 2. The zero-order valence-electron chi connectivity index (χ0n) is 47.6. The Bertz CT molecular complexity index is 2170. The molecule has 7 rings (SSSR count). The summed E-state index contributed by atoms with van der Waals surface area (Å²) in [7, 11) is 3.11. The third-order valence-electron chi connectivity index (χ3n) is 19.3. The Morgan fingerprint density at radius 1 is 0.792 bits per heavy atom. The molecule has 72 heavy (non-hydrogen) atoms. The van der Waals surface area contributed by atoms with E-state index in [4.69, 9.17) is 15.2 Å². The predicted molar refractivity (Wildman–Crippen MR) is 301 cm³/mol. The lowest BCUT2D eigenvalue weighted by molar-refractivity contribution is 0.0596. The van der Waals surface area contributed by atoms with Crippen LogP contribution >= 0.6 is 0 Å². The Labute approximate surface area is 439 Å². The number of nitrogens with two attached hydrogens (primary N) is 1. The molecule has 6 fully saturated rings. The number of aliphatic hydroxyl groups is 2. The van der Waals surface area contributed by atoms with Crippen LogP contribution in [0.4, 0.5) is 0 Å². The fourth-order valence-corrected chi connectivity index (χ4v) is 15.3. The number of allylic oxidation sites excluding steroid dienone is 6. The number of aliphatic hydroxyl groups excluding tert-OH is 1. The highest BCUT2D eigenvalue weighted by molar-refractivity contribution is 5.95. The molecule has 0 spiro atoms. The molecule has 0 heterocycles. The van der Waals surface area contributed by atoms with Crippen molar-refractivity contribution in [2.45, 2.75) is 221 Å². The number of hydrogen-bond acceptors (Lipinski definition) is 6. The first-order chi connectivity index (χ1) is 33.9. The highest BCUT2D eigenvalue weighted by Gasteiger charge is 2.52. The smallest absolute Gasteiger partial charge is 0.251 e. The van der Waals surface area contributed by atoms with Crippen LogP contribution in [0, 0.1) is 57.7 Å². The van der Waals surface area contributed by atoms with Crippen LogP contribution in [0.1, 0.15) is 208 Å². The lowest BCUT2D eigenvalue weighted by atomic mass is 9.60. The van der Waals surface area contributed by atoms with Gasteiger partial charge in [-0.25, -0.2) is 0 Å². The third kappa shape index (κ3) is 14.3. The van der Waals surface area contributed by atoms with Crippen molar-refractivity contribution in [2.24, 2.45) is 63.4 Å². The summed E-state index contributed by atoms with van der Waals surface area (Å²) >= 11 is 0. The van der Waals surface area contributed by atoms with Gasteiger partial charge in [-0.15, -0.1) is 0 Å². The highest BCUT2D eigenvalue weighted by atomic mass is 16.5. The SMILES string of the molecule is C=C1/C(=C\C=C2/CCC[C@]3(C)[C@@H]([C@H](C)CCCC(C)(C)C)CC[C@@H]23)C[C@@H](C)C[C@@H]1N.C=C1/C(=C\C=C2/CCC[C@]3(C)[C@@H]([C@H](C)CCCC(C)(C)O)CC[C@@H]23)C[C@@H](O)C[C@@H]1NC(=O)c1ccc(OC)c(OC)c1. The number of fused-ring (bicyclic) bond motifs is 2. The first-order valence-electron chi connectivity index (χ1n) is 28.7. The Hall–Kier alpha value is -3.39. The minimum absolute atomic E-state index is 0.153. The molecule has 0 aromatic heterocycles. The summed E-state index contributed by atoms with van der Waals surface area (Å²) in [6, 6.07) is 4.91. The van der Waals surface area contributed by atoms with E-state index >= 15 is 0 Å². The van der Waals surface area contributed by atoms with Gasteiger partial charge < -0.3 is 30.7 Å². The Balaban J connectivity index is 0.000000249. The van der Waals surface area contributed by atoms with Crippen molar-refractivity contribution in [3.05, 3.63) is 94.7 Å². The Morgan fingerprint density at radius 3 is 1.83 bits per heavy atom. The predicted octanol–water partition coefficient (Wildman–Crippen LogP) is 15.4. The number of methoxy groups -OCH3 is 2. The average molecular weight is 992 g/mol. The molecule has 1 aromatic carbocycles. The number of carbonyl (C=O) groups excluding carboxylic acids is 1. The molecular weight excluding hydrogens is 889 g/mol. The number of nitrogens with one attached hydrogen (secondary N) is 1. The topological polar surface area (TPSA) is 114 Å².